The van der Waals surface area contributed by atoms with Crippen molar-refractivity contribution >= 4 is 5.78 Å². The summed E-state index contributed by atoms with van der Waals surface area (Å²) in [6, 6.07) is 0. The summed E-state index contributed by atoms with van der Waals surface area (Å²) in [6.45, 7) is 5.71. The second kappa shape index (κ2) is 2.58. The predicted octanol–water partition coefficient (Wildman–Crippen LogP) is 2.34. The van der Waals surface area contributed by atoms with Crippen LogP contribution in [0.1, 0.15) is 19.8 Å². The van der Waals surface area contributed by atoms with Gasteiger partial charge in [-0.1, -0.05) is 24.3 Å². The van der Waals surface area contributed by atoms with Gasteiger partial charge < -0.3 is 0 Å². The summed E-state index contributed by atoms with van der Waals surface area (Å²) < 4.78 is 0. The molecule has 0 aromatic rings. The number of rotatable bonds is 1. The molecule has 0 N–H and O–H groups in total. The number of fused-ring (bicyclic) bond motifs is 2. The van der Waals surface area contributed by atoms with E-state index in [0.717, 1.165) is 5.57 Å². The van der Waals surface area contributed by atoms with E-state index in [0.29, 0.717) is 17.6 Å². The van der Waals surface area contributed by atoms with Crippen molar-refractivity contribution in [1.82, 2.24) is 0 Å². The van der Waals surface area contributed by atoms with Gasteiger partial charge in [-0.05, 0) is 31.6 Å². The van der Waals surface area contributed by atoms with E-state index in [1.54, 1.807) is 6.92 Å². The molecule has 1 heteroatoms. The van der Waals surface area contributed by atoms with Gasteiger partial charge in [0.15, 0.2) is 0 Å². The van der Waals surface area contributed by atoms with Crippen LogP contribution >= 0.6 is 0 Å². The van der Waals surface area contributed by atoms with Crippen LogP contribution < -0.4 is 0 Å². The third kappa shape index (κ3) is 0.961. The minimum absolute atomic E-state index is 0.133. The number of carbonyl (C=O) groups excluding carboxylic acids is 1. The monoisotopic (exact) mass is 162 g/mol. The zero-order chi connectivity index (χ0) is 8.72. The van der Waals surface area contributed by atoms with Crippen LogP contribution in [0.3, 0.4) is 0 Å². The quantitative estimate of drug-likeness (QED) is 0.541. The van der Waals surface area contributed by atoms with Crippen LogP contribution in [0, 0.1) is 17.8 Å². The fourth-order valence-electron chi connectivity index (χ4n) is 2.50. The average Bonchev–Trinajstić information content (AvgIpc) is 2.05. The smallest absolute Gasteiger partial charge is 0.137 e. The molecule has 0 aromatic carbocycles. The standard InChI is InChI=1S/C11H14O/c1-7-9-3-5-10(6-4-9)11(7)8(2)12/h3,5,9-11H,1,4,6H2,2H3. The molecule has 3 rings (SSSR count). The van der Waals surface area contributed by atoms with Gasteiger partial charge in [-0.3, -0.25) is 4.79 Å². The molecule has 1 saturated carbocycles. The fourth-order valence-corrected chi connectivity index (χ4v) is 2.50. The van der Waals surface area contributed by atoms with Crippen LogP contribution in [0.15, 0.2) is 24.3 Å². The number of carbonyl (C=O) groups is 1. The Balaban J connectivity index is 2.32. The van der Waals surface area contributed by atoms with Crippen molar-refractivity contribution in [3.63, 3.8) is 0 Å². The number of ketones is 1. The van der Waals surface area contributed by atoms with Crippen molar-refractivity contribution in [2.75, 3.05) is 0 Å². The molecule has 0 aromatic heterocycles. The third-order valence-electron chi connectivity index (χ3n) is 3.14. The third-order valence-corrected chi connectivity index (χ3v) is 3.14. The van der Waals surface area contributed by atoms with Gasteiger partial charge in [0.05, 0.1) is 0 Å². The normalized spacial score (nSPS) is 38.8. The lowest BCUT2D eigenvalue weighted by molar-refractivity contribution is -0.121. The summed E-state index contributed by atoms with van der Waals surface area (Å²) in [5.41, 5.74) is 1.15. The second-order valence-corrected chi connectivity index (χ2v) is 3.90. The molecule has 1 fully saturated rings. The van der Waals surface area contributed by atoms with Gasteiger partial charge in [-0.25, -0.2) is 0 Å². The van der Waals surface area contributed by atoms with E-state index >= 15 is 0 Å². The molecule has 0 amide bonds. The molecular weight excluding hydrogens is 148 g/mol. The van der Waals surface area contributed by atoms with Crippen molar-refractivity contribution in [2.24, 2.45) is 17.8 Å². The molecule has 0 heterocycles. The molecule has 2 bridgehead atoms. The summed E-state index contributed by atoms with van der Waals surface area (Å²) in [7, 11) is 0. The van der Waals surface area contributed by atoms with Crippen LogP contribution in [-0.4, -0.2) is 5.78 Å². The summed E-state index contributed by atoms with van der Waals surface area (Å²) in [6.07, 6.45) is 6.79. The highest BCUT2D eigenvalue weighted by atomic mass is 16.1. The maximum atomic E-state index is 11.3. The Kier molecular flexibility index (Phi) is 1.67. The summed E-state index contributed by atoms with van der Waals surface area (Å²) in [4.78, 5) is 11.3. The first-order valence-corrected chi connectivity index (χ1v) is 4.57. The van der Waals surface area contributed by atoms with Crippen molar-refractivity contribution < 1.29 is 4.79 Å². The Morgan fingerprint density at radius 3 is 2.58 bits per heavy atom. The van der Waals surface area contributed by atoms with Gasteiger partial charge in [0.25, 0.3) is 0 Å². The molecule has 12 heavy (non-hydrogen) atoms. The van der Waals surface area contributed by atoms with E-state index in [4.69, 9.17) is 0 Å². The number of allylic oxidation sites excluding steroid dienone is 3. The SMILES string of the molecule is C=C1C2C=CC(CC2)C1C(C)=O. The highest BCUT2D eigenvalue weighted by Crippen LogP contribution is 2.43. The Bertz CT molecular complexity index is 262. The van der Waals surface area contributed by atoms with Crippen molar-refractivity contribution in [2.45, 2.75) is 19.8 Å². The van der Waals surface area contributed by atoms with Crippen molar-refractivity contribution in [1.29, 1.82) is 0 Å². The van der Waals surface area contributed by atoms with Gasteiger partial charge in [0, 0.05) is 5.92 Å². The molecule has 0 spiro atoms. The van der Waals surface area contributed by atoms with Crippen molar-refractivity contribution in [3.05, 3.63) is 24.3 Å². The lowest BCUT2D eigenvalue weighted by Crippen LogP contribution is -2.33. The van der Waals surface area contributed by atoms with Crippen LogP contribution in [0.25, 0.3) is 0 Å². The molecule has 3 aliphatic rings. The lowest BCUT2D eigenvalue weighted by atomic mass is 9.65. The Morgan fingerprint density at radius 1 is 1.50 bits per heavy atom. The summed E-state index contributed by atoms with van der Waals surface area (Å²) in [5, 5.41) is 0. The maximum Gasteiger partial charge on any atom is 0.137 e. The van der Waals surface area contributed by atoms with Gasteiger partial charge in [0.2, 0.25) is 0 Å². The molecule has 0 aliphatic heterocycles. The van der Waals surface area contributed by atoms with E-state index in [9.17, 15) is 4.79 Å². The first-order valence-electron chi connectivity index (χ1n) is 4.57. The summed E-state index contributed by atoms with van der Waals surface area (Å²) in [5.74, 6) is 1.37. The molecule has 0 radical (unpaired) electrons. The maximum absolute atomic E-state index is 11.3. The average molecular weight is 162 g/mol. The van der Waals surface area contributed by atoms with E-state index in [1.165, 1.54) is 12.8 Å². The number of hydrogen-bond donors (Lipinski definition) is 0. The highest BCUT2D eigenvalue weighted by Gasteiger charge is 2.37. The number of Topliss-reactive ketones (excluding diaryl/α,β-unsaturated/α-hetero) is 1. The molecule has 1 nitrogen and oxygen atoms in total. The lowest BCUT2D eigenvalue weighted by Gasteiger charge is -2.38. The fraction of sp³-hybridized carbons (Fsp3) is 0.545. The van der Waals surface area contributed by atoms with E-state index in [2.05, 4.69) is 18.7 Å². The first-order chi connectivity index (χ1) is 5.70. The van der Waals surface area contributed by atoms with E-state index < -0.39 is 0 Å². The zero-order valence-corrected chi connectivity index (χ0v) is 7.42. The summed E-state index contributed by atoms with van der Waals surface area (Å²) >= 11 is 0. The van der Waals surface area contributed by atoms with E-state index in [1.807, 2.05) is 0 Å². The van der Waals surface area contributed by atoms with Gasteiger partial charge >= 0.3 is 0 Å². The van der Waals surface area contributed by atoms with Crippen LogP contribution in [0.4, 0.5) is 0 Å². The highest BCUT2D eigenvalue weighted by molar-refractivity contribution is 5.82. The molecule has 64 valence electrons. The second-order valence-electron chi connectivity index (χ2n) is 3.90. The van der Waals surface area contributed by atoms with Crippen LogP contribution in [-0.2, 0) is 4.79 Å². The Morgan fingerprint density at radius 2 is 2.25 bits per heavy atom. The molecule has 3 atom stereocenters. The first kappa shape index (κ1) is 7.78. The molecule has 0 saturated heterocycles. The molecule has 3 unspecified atom stereocenters. The minimum Gasteiger partial charge on any atom is -0.299 e. The van der Waals surface area contributed by atoms with Gasteiger partial charge in [0.1, 0.15) is 5.78 Å². The Labute approximate surface area is 73.2 Å². The van der Waals surface area contributed by atoms with E-state index in [-0.39, 0.29) is 5.92 Å². The van der Waals surface area contributed by atoms with Crippen molar-refractivity contribution in [3.8, 4) is 0 Å². The van der Waals surface area contributed by atoms with Crippen LogP contribution in [0.5, 0.6) is 0 Å². The van der Waals surface area contributed by atoms with Gasteiger partial charge in [-0.2, -0.15) is 0 Å². The topological polar surface area (TPSA) is 17.1 Å². The predicted molar refractivity (Wildman–Crippen MR) is 48.7 cm³/mol. The van der Waals surface area contributed by atoms with Gasteiger partial charge in [-0.15, -0.1) is 0 Å². The molecule has 3 aliphatic carbocycles. The zero-order valence-electron chi connectivity index (χ0n) is 7.42. The number of hydrogen-bond acceptors (Lipinski definition) is 1. The minimum atomic E-state index is 0.133. The molecular formula is C11H14O. The Hall–Kier alpha value is -0.850. The largest absolute Gasteiger partial charge is 0.299 e. The van der Waals surface area contributed by atoms with Crippen LogP contribution in [0.2, 0.25) is 0 Å².